The fourth-order valence-electron chi connectivity index (χ4n) is 1.58. The number of halogens is 1. The fraction of sp³-hybridized carbons (Fsp3) is 0.250. The van der Waals surface area contributed by atoms with Crippen LogP contribution in [0.1, 0.15) is 11.1 Å². The number of rotatable bonds is 3. The molecule has 0 radical (unpaired) electrons. The number of hydrogen-bond donors (Lipinski definition) is 0. The Balaban J connectivity index is 2.24. The predicted octanol–water partition coefficient (Wildman–Crippen LogP) is 3.01. The van der Waals surface area contributed by atoms with Crippen molar-refractivity contribution >= 4 is 15.9 Å². The van der Waals surface area contributed by atoms with Gasteiger partial charge in [-0.05, 0) is 28.4 Å². The van der Waals surface area contributed by atoms with Crippen molar-refractivity contribution in [3.63, 3.8) is 0 Å². The van der Waals surface area contributed by atoms with Crippen molar-refractivity contribution in [2.24, 2.45) is 0 Å². The van der Waals surface area contributed by atoms with Gasteiger partial charge in [0.15, 0.2) is 5.75 Å². The summed E-state index contributed by atoms with van der Waals surface area (Å²) >= 11 is 3.46. The Bertz CT molecular complexity index is 494. The SMILES string of the molecule is COc1cnn(Cc2cccc(C)c2)c1Br. The van der Waals surface area contributed by atoms with E-state index in [1.165, 1.54) is 11.1 Å². The molecule has 1 aromatic carbocycles. The van der Waals surface area contributed by atoms with Crippen LogP contribution in [-0.4, -0.2) is 16.9 Å². The van der Waals surface area contributed by atoms with Crippen LogP contribution in [0.5, 0.6) is 5.75 Å². The minimum Gasteiger partial charge on any atom is -0.492 e. The van der Waals surface area contributed by atoms with Crippen molar-refractivity contribution in [3.8, 4) is 5.75 Å². The highest BCUT2D eigenvalue weighted by atomic mass is 79.9. The lowest BCUT2D eigenvalue weighted by Crippen LogP contribution is -2.02. The molecule has 84 valence electrons. The summed E-state index contributed by atoms with van der Waals surface area (Å²) in [5, 5.41) is 4.26. The van der Waals surface area contributed by atoms with Gasteiger partial charge in [0.1, 0.15) is 4.60 Å². The van der Waals surface area contributed by atoms with Gasteiger partial charge in [0.2, 0.25) is 0 Å². The van der Waals surface area contributed by atoms with Gasteiger partial charge in [0, 0.05) is 0 Å². The molecule has 0 amide bonds. The summed E-state index contributed by atoms with van der Waals surface area (Å²) in [5.41, 5.74) is 2.49. The Morgan fingerprint density at radius 3 is 2.88 bits per heavy atom. The Labute approximate surface area is 103 Å². The van der Waals surface area contributed by atoms with E-state index >= 15 is 0 Å². The first kappa shape index (κ1) is 11.2. The molecular weight excluding hydrogens is 268 g/mol. The van der Waals surface area contributed by atoms with Crippen LogP contribution in [0.4, 0.5) is 0 Å². The molecule has 0 fully saturated rings. The molecule has 2 aromatic rings. The first-order valence-electron chi connectivity index (χ1n) is 5.01. The Morgan fingerprint density at radius 1 is 1.44 bits per heavy atom. The molecule has 0 saturated carbocycles. The van der Waals surface area contributed by atoms with E-state index < -0.39 is 0 Å². The summed E-state index contributed by atoms with van der Waals surface area (Å²) in [6, 6.07) is 8.38. The zero-order chi connectivity index (χ0) is 11.5. The Morgan fingerprint density at radius 2 is 2.25 bits per heavy atom. The summed E-state index contributed by atoms with van der Waals surface area (Å²) in [5.74, 6) is 0.757. The lowest BCUT2D eigenvalue weighted by Gasteiger charge is -2.05. The quantitative estimate of drug-likeness (QED) is 0.864. The van der Waals surface area contributed by atoms with E-state index in [2.05, 4.69) is 52.2 Å². The number of benzene rings is 1. The highest BCUT2D eigenvalue weighted by molar-refractivity contribution is 9.10. The maximum absolute atomic E-state index is 5.16. The van der Waals surface area contributed by atoms with Gasteiger partial charge in [-0.3, -0.25) is 4.68 Å². The van der Waals surface area contributed by atoms with Gasteiger partial charge in [-0.1, -0.05) is 29.8 Å². The minimum atomic E-state index is 0.742. The summed E-state index contributed by atoms with van der Waals surface area (Å²) in [6.45, 7) is 2.83. The molecule has 0 spiro atoms. The van der Waals surface area contributed by atoms with Gasteiger partial charge in [0.05, 0.1) is 19.9 Å². The number of aryl methyl sites for hydroxylation is 1. The first-order chi connectivity index (χ1) is 7.70. The van der Waals surface area contributed by atoms with E-state index in [-0.39, 0.29) is 0 Å². The molecule has 2 rings (SSSR count). The Hall–Kier alpha value is -1.29. The summed E-state index contributed by atoms with van der Waals surface area (Å²) in [7, 11) is 1.64. The third-order valence-corrected chi connectivity index (χ3v) is 3.18. The number of aromatic nitrogens is 2. The van der Waals surface area contributed by atoms with Crippen LogP contribution in [0, 0.1) is 6.92 Å². The molecule has 3 nitrogen and oxygen atoms in total. The van der Waals surface area contributed by atoms with Crippen LogP contribution in [0.2, 0.25) is 0 Å². The fourth-order valence-corrected chi connectivity index (χ4v) is 2.07. The Kier molecular flexibility index (Phi) is 3.29. The molecule has 16 heavy (non-hydrogen) atoms. The molecule has 0 aliphatic rings. The second kappa shape index (κ2) is 4.70. The maximum Gasteiger partial charge on any atom is 0.171 e. The largest absolute Gasteiger partial charge is 0.492 e. The standard InChI is InChI=1S/C12H13BrN2O/c1-9-4-3-5-10(6-9)8-15-12(13)11(16-2)7-14-15/h3-7H,8H2,1-2H3. The highest BCUT2D eigenvalue weighted by Gasteiger charge is 2.08. The van der Waals surface area contributed by atoms with E-state index in [4.69, 9.17) is 4.74 Å². The van der Waals surface area contributed by atoms with Crippen molar-refractivity contribution in [3.05, 3.63) is 46.2 Å². The number of methoxy groups -OCH3 is 1. The van der Waals surface area contributed by atoms with Crippen LogP contribution in [0.25, 0.3) is 0 Å². The van der Waals surface area contributed by atoms with E-state index in [1.54, 1.807) is 13.3 Å². The third-order valence-electron chi connectivity index (χ3n) is 2.38. The first-order valence-corrected chi connectivity index (χ1v) is 5.81. The molecule has 0 aliphatic carbocycles. The van der Waals surface area contributed by atoms with Gasteiger partial charge in [-0.25, -0.2) is 0 Å². The summed E-state index contributed by atoms with van der Waals surface area (Å²) < 4.78 is 7.90. The van der Waals surface area contributed by atoms with Crippen LogP contribution >= 0.6 is 15.9 Å². The summed E-state index contributed by atoms with van der Waals surface area (Å²) in [6.07, 6.45) is 1.71. The maximum atomic E-state index is 5.16. The molecular formula is C12H13BrN2O. The molecule has 1 aromatic heterocycles. The number of hydrogen-bond acceptors (Lipinski definition) is 2. The van der Waals surface area contributed by atoms with Gasteiger partial charge in [0.25, 0.3) is 0 Å². The van der Waals surface area contributed by atoms with Crippen LogP contribution < -0.4 is 4.74 Å². The van der Waals surface area contributed by atoms with Gasteiger partial charge in [-0.2, -0.15) is 5.10 Å². The molecule has 0 unspecified atom stereocenters. The molecule has 0 bridgehead atoms. The van der Waals surface area contributed by atoms with E-state index in [9.17, 15) is 0 Å². The molecule has 4 heteroatoms. The predicted molar refractivity (Wildman–Crippen MR) is 66.8 cm³/mol. The molecule has 0 N–H and O–H groups in total. The molecule has 0 atom stereocenters. The second-order valence-electron chi connectivity index (χ2n) is 3.65. The van der Waals surface area contributed by atoms with E-state index in [1.807, 2.05) is 4.68 Å². The molecule has 0 saturated heterocycles. The van der Waals surface area contributed by atoms with E-state index in [0.717, 1.165) is 16.9 Å². The van der Waals surface area contributed by atoms with E-state index in [0.29, 0.717) is 0 Å². The molecule has 0 aliphatic heterocycles. The normalized spacial score (nSPS) is 10.4. The molecule has 1 heterocycles. The minimum absolute atomic E-state index is 0.742. The monoisotopic (exact) mass is 280 g/mol. The van der Waals surface area contributed by atoms with Gasteiger partial charge in [-0.15, -0.1) is 0 Å². The zero-order valence-electron chi connectivity index (χ0n) is 9.27. The smallest absolute Gasteiger partial charge is 0.171 e. The van der Waals surface area contributed by atoms with Gasteiger partial charge >= 0.3 is 0 Å². The number of nitrogens with zero attached hydrogens (tertiary/aromatic N) is 2. The second-order valence-corrected chi connectivity index (χ2v) is 4.40. The average Bonchev–Trinajstić information content (AvgIpc) is 2.60. The summed E-state index contributed by atoms with van der Waals surface area (Å²) in [4.78, 5) is 0. The zero-order valence-corrected chi connectivity index (χ0v) is 10.9. The van der Waals surface area contributed by atoms with Crippen molar-refractivity contribution < 1.29 is 4.74 Å². The van der Waals surface area contributed by atoms with Crippen LogP contribution in [-0.2, 0) is 6.54 Å². The van der Waals surface area contributed by atoms with Crippen molar-refractivity contribution in [2.75, 3.05) is 7.11 Å². The van der Waals surface area contributed by atoms with Crippen molar-refractivity contribution in [1.82, 2.24) is 9.78 Å². The lowest BCUT2D eigenvalue weighted by molar-refractivity contribution is 0.411. The van der Waals surface area contributed by atoms with Crippen LogP contribution in [0.3, 0.4) is 0 Å². The third kappa shape index (κ3) is 2.27. The lowest BCUT2D eigenvalue weighted by atomic mass is 10.1. The van der Waals surface area contributed by atoms with Crippen molar-refractivity contribution in [1.29, 1.82) is 0 Å². The van der Waals surface area contributed by atoms with Crippen LogP contribution in [0.15, 0.2) is 35.1 Å². The topological polar surface area (TPSA) is 27.1 Å². The van der Waals surface area contributed by atoms with Crippen molar-refractivity contribution in [2.45, 2.75) is 13.5 Å². The van der Waals surface area contributed by atoms with Gasteiger partial charge < -0.3 is 4.74 Å². The average molecular weight is 281 g/mol. The number of ether oxygens (including phenoxy) is 1. The highest BCUT2D eigenvalue weighted by Crippen LogP contribution is 2.24.